The van der Waals surface area contributed by atoms with E-state index >= 15 is 0 Å². The van der Waals surface area contributed by atoms with Gasteiger partial charge in [-0.15, -0.1) is 0 Å². The van der Waals surface area contributed by atoms with Gasteiger partial charge in [0.2, 0.25) is 11.8 Å². The van der Waals surface area contributed by atoms with Crippen molar-refractivity contribution in [1.29, 1.82) is 0 Å². The molecule has 2 saturated carbocycles. The number of carbonyl (C=O) groups is 3. The first-order valence-electron chi connectivity index (χ1n) is 13.6. The number of methoxy groups -OCH3 is 1. The number of aryl methyl sites for hydroxylation is 1. The molecule has 0 aliphatic heterocycles. The maximum absolute atomic E-state index is 14.7. The summed E-state index contributed by atoms with van der Waals surface area (Å²) >= 11 is 0. The van der Waals surface area contributed by atoms with Crippen LogP contribution in [0.2, 0.25) is 0 Å². The standard InChI is InChI=1S/C21H25F4N5O4.C7H12/c1-5-30-16(6-7-27-30)19(32)26-10-18(31)28-15-9-17(34-4)13(8-14(15)22)12(2)20(33)29(3)11-21(23,24)25;1-2-6(1)5-7-3-4-7/h6-9,12H,5,10-11H2,1-4H3,(H,26,32)(H,28,31);6-7H,1-5H2. The third-order valence-corrected chi connectivity index (χ3v) is 6.94. The summed E-state index contributed by atoms with van der Waals surface area (Å²) in [6.45, 7) is 1.64. The zero-order valence-corrected chi connectivity index (χ0v) is 23.7. The molecule has 2 fully saturated rings. The van der Waals surface area contributed by atoms with Crippen LogP contribution >= 0.6 is 0 Å². The molecule has 9 nitrogen and oxygen atoms in total. The number of anilines is 1. The van der Waals surface area contributed by atoms with Gasteiger partial charge in [-0.25, -0.2) is 4.39 Å². The Bertz CT molecular complexity index is 1210. The molecular formula is C28H37F4N5O4. The molecule has 0 bridgehead atoms. The molecule has 1 aromatic heterocycles. The van der Waals surface area contributed by atoms with Crippen molar-refractivity contribution in [3.05, 3.63) is 41.5 Å². The molecule has 1 atom stereocenters. The number of carbonyl (C=O) groups excluding carboxylic acids is 3. The highest BCUT2D eigenvalue weighted by Gasteiger charge is 2.34. The molecule has 4 rings (SSSR count). The summed E-state index contributed by atoms with van der Waals surface area (Å²) in [6, 6.07) is 3.51. The van der Waals surface area contributed by atoms with E-state index in [1.54, 1.807) is 39.0 Å². The van der Waals surface area contributed by atoms with Gasteiger partial charge in [0.15, 0.2) is 0 Å². The highest BCUT2D eigenvalue weighted by atomic mass is 19.4. The first kappa shape index (κ1) is 31.9. The number of ether oxygens (including phenoxy) is 1. The van der Waals surface area contributed by atoms with Crippen LogP contribution in [0.1, 0.15) is 67.9 Å². The summed E-state index contributed by atoms with van der Waals surface area (Å²) in [4.78, 5) is 37.3. The molecule has 0 spiro atoms. The fourth-order valence-corrected chi connectivity index (χ4v) is 4.39. The van der Waals surface area contributed by atoms with Crippen LogP contribution in [0.3, 0.4) is 0 Å². The number of nitrogens with one attached hydrogen (secondary N) is 2. The van der Waals surface area contributed by atoms with Gasteiger partial charge in [-0.3, -0.25) is 19.1 Å². The molecule has 41 heavy (non-hydrogen) atoms. The van der Waals surface area contributed by atoms with Crippen LogP contribution in [0, 0.1) is 17.7 Å². The van der Waals surface area contributed by atoms with Crippen LogP contribution in [-0.2, 0) is 16.1 Å². The Morgan fingerprint density at radius 3 is 2.34 bits per heavy atom. The Morgan fingerprint density at radius 2 is 1.80 bits per heavy atom. The average molecular weight is 584 g/mol. The van der Waals surface area contributed by atoms with Crippen molar-refractivity contribution < 1.29 is 36.7 Å². The second kappa shape index (κ2) is 13.8. The van der Waals surface area contributed by atoms with Crippen molar-refractivity contribution in [3.8, 4) is 5.75 Å². The SMILES string of the molecule is C1CC1CC1CC1.CCn1nccc1C(=O)NCC(=O)Nc1cc(OC)c(C(C)C(=O)N(C)CC(F)(F)F)cc1F. The minimum Gasteiger partial charge on any atom is -0.496 e. The monoisotopic (exact) mass is 583 g/mol. The quantitative estimate of drug-likeness (QED) is 0.372. The van der Waals surface area contributed by atoms with Gasteiger partial charge in [-0.1, -0.05) is 25.7 Å². The number of benzene rings is 1. The van der Waals surface area contributed by atoms with Gasteiger partial charge < -0.3 is 20.3 Å². The van der Waals surface area contributed by atoms with E-state index in [0.717, 1.165) is 19.2 Å². The predicted octanol–water partition coefficient (Wildman–Crippen LogP) is 4.74. The highest BCUT2D eigenvalue weighted by molar-refractivity contribution is 5.98. The van der Waals surface area contributed by atoms with Gasteiger partial charge in [0.1, 0.15) is 23.8 Å². The average Bonchev–Trinajstić information content (AvgIpc) is 3.86. The van der Waals surface area contributed by atoms with E-state index in [-0.39, 0.29) is 22.7 Å². The molecule has 3 amide bonds. The van der Waals surface area contributed by atoms with Crippen molar-refractivity contribution in [2.75, 3.05) is 32.6 Å². The zero-order chi connectivity index (χ0) is 30.3. The number of halogens is 4. The summed E-state index contributed by atoms with van der Waals surface area (Å²) < 4.78 is 59.1. The van der Waals surface area contributed by atoms with Gasteiger partial charge in [-0.05, 0) is 44.2 Å². The number of likely N-dealkylation sites (N-methyl/N-ethyl adjacent to an activating group) is 1. The molecule has 2 aliphatic rings. The summed E-state index contributed by atoms with van der Waals surface area (Å²) in [5.41, 5.74) is -0.0263. The van der Waals surface area contributed by atoms with E-state index < -0.39 is 48.7 Å². The van der Waals surface area contributed by atoms with Crippen LogP contribution < -0.4 is 15.4 Å². The Morgan fingerprint density at radius 1 is 1.17 bits per heavy atom. The number of hydrogen-bond acceptors (Lipinski definition) is 5. The number of amides is 3. The zero-order valence-electron chi connectivity index (χ0n) is 23.7. The van der Waals surface area contributed by atoms with E-state index in [4.69, 9.17) is 4.74 Å². The number of aromatic nitrogens is 2. The van der Waals surface area contributed by atoms with Crippen molar-refractivity contribution in [3.63, 3.8) is 0 Å². The second-order valence-corrected chi connectivity index (χ2v) is 10.5. The van der Waals surface area contributed by atoms with E-state index in [0.29, 0.717) is 11.4 Å². The Labute approximate surface area is 236 Å². The summed E-state index contributed by atoms with van der Waals surface area (Å²) in [7, 11) is 2.22. The van der Waals surface area contributed by atoms with Crippen LogP contribution in [0.4, 0.5) is 23.2 Å². The lowest BCUT2D eigenvalue weighted by molar-refractivity contribution is -0.159. The fourth-order valence-electron chi connectivity index (χ4n) is 4.39. The largest absolute Gasteiger partial charge is 0.496 e. The van der Waals surface area contributed by atoms with E-state index in [9.17, 15) is 31.9 Å². The molecule has 226 valence electrons. The van der Waals surface area contributed by atoms with Gasteiger partial charge >= 0.3 is 6.18 Å². The third-order valence-electron chi connectivity index (χ3n) is 6.94. The van der Waals surface area contributed by atoms with Crippen molar-refractivity contribution in [2.24, 2.45) is 11.8 Å². The maximum Gasteiger partial charge on any atom is 0.406 e. The van der Waals surface area contributed by atoms with Crippen LogP contribution in [0.15, 0.2) is 24.4 Å². The highest BCUT2D eigenvalue weighted by Crippen LogP contribution is 2.43. The molecular weight excluding hydrogens is 546 g/mol. The van der Waals surface area contributed by atoms with Crippen molar-refractivity contribution >= 4 is 23.4 Å². The summed E-state index contributed by atoms with van der Waals surface area (Å²) in [6.07, 6.45) is 4.65. The van der Waals surface area contributed by atoms with Crippen LogP contribution in [0.25, 0.3) is 0 Å². The molecule has 2 aromatic rings. The number of nitrogens with zero attached hydrogens (tertiary/aromatic N) is 3. The van der Waals surface area contributed by atoms with E-state index in [2.05, 4.69) is 15.7 Å². The molecule has 2 N–H and O–H groups in total. The molecule has 1 aromatic carbocycles. The topological polar surface area (TPSA) is 106 Å². The molecule has 13 heteroatoms. The predicted molar refractivity (Wildman–Crippen MR) is 144 cm³/mol. The van der Waals surface area contributed by atoms with Crippen molar-refractivity contribution in [1.82, 2.24) is 20.0 Å². The Hall–Kier alpha value is -3.64. The lowest BCUT2D eigenvalue weighted by Gasteiger charge is -2.24. The number of alkyl halides is 3. The fraction of sp³-hybridized carbons (Fsp3) is 0.571. The first-order chi connectivity index (χ1) is 19.3. The Kier molecular flexibility index (Phi) is 10.7. The molecule has 1 unspecified atom stereocenters. The Balaban J connectivity index is 0.000000563. The van der Waals surface area contributed by atoms with Gasteiger partial charge in [0.25, 0.3) is 5.91 Å². The van der Waals surface area contributed by atoms with Crippen LogP contribution in [-0.4, -0.2) is 65.8 Å². The summed E-state index contributed by atoms with van der Waals surface area (Å²) in [5, 5.41) is 8.64. The molecule has 0 radical (unpaired) electrons. The van der Waals surface area contributed by atoms with Gasteiger partial charge in [0.05, 0.1) is 25.3 Å². The lowest BCUT2D eigenvalue weighted by atomic mass is 9.97. The first-order valence-corrected chi connectivity index (χ1v) is 13.6. The summed E-state index contributed by atoms with van der Waals surface area (Å²) in [5.74, 6) is -1.88. The van der Waals surface area contributed by atoms with E-state index in [1.165, 1.54) is 42.8 Å². The minimum atomic E-state index is -4.58. The molecule has 0 saturated heterocycles. The van der Waals surface area contributed by atoms with E-state index in [1.807, 2.05) is 0 Å². The number of rotatable bonds is 11. The molecule has 1 heterocycles. The minimum absolute atomic E-state index is 0.00570. The maximum atomic E-state index is 14.7. The van der Waals surface area contributed by atoms with Gasteiger partial charge in [0, 0.05) is 31.4 Å². The molecule has 2 aliphatic carbocycles. The second-order valence-electron chi connectivity index (χ2n) is 10.5. The van der Waals surface area contributed by atoms with Crippen molar-refractivity contribution in [2.45, 2.75) is 64.6 Å². The third kappa shape index (κ3) is 9.75. The normalized spacial score (nSPS) is 15.3. The lowest BCUT2D eigenvalue weighted by Crippen LogP contribution is -2.38. The number of hydrogen-bond donors (Lipinski definition) is 2. The smallest absolute Gasteiger partial charge is 0.406 e. The van der Waals surface area contributed by atoms with Crippen LogP contribution in [0.5, 0.6) is 5.75 Å². The van der Waals surface area contributed by atoms with Gasteiger partial charge in [-0.2, -0.15) is 18.3 Å².